The summed E-state index contributed by atoms with van der Waals surface area (Å²) in [6.07, 6.45) is -0.480. The minimum absolute atomic E-state index is 0.275. The molecule has 0 aliphatic rings. The number of hydrogen-bond donors (Lipinski definition) is 2. The van der Waals surface area contributed by atoms with Crippen molar-refractivity contribution in [3.8, 4) is 5.75 Å². The summed E-state index contributed by atoms with van der Waals surface area (Å²) >= 11 is 6.04. The molecule has 0 bridgehead atoms. The van der Waals surface area contributed by atoms with Gasteiger partial charge in [0.05, 0.1) is 6.10 Å². The molecule has 0 fully saturated rings. The van der Waals surface area contributed by atoms with Crippen LogP contribution in [0.1, 0.15) is 12.5 Å². The third-order valence-corrected chi connectivity index (χ3v) is 2.26. The lowest BCUT2D eigenvalue weighted by Gasteiger charge is -2.13. The average molecular weight is 230 g/mol. The van der Waals surface area contributed by atoms with Crippen LogP contribution in [0.4, 0.5) is 0 Å². The lowest BCUT2D eigenvalue weighted by Crippen LogP contribution is -2.15. The third-order valence-electron chi connectivity index (χ3n) is 1.91. The summed E-state index contributed by atoms with van der Waals surface area (Å²) in [5, 5.41) is 12.8. The number of aliphatic hydroxyl groups excluding tert-OH is 1. The lowest BCUT2D eigenvalue weighted by atomic mass is 10.2. The van der Waals surface area contributed by atoms with Crippen molar-refractivity contribution in [3.05, 3.63) is 28.8 Å². The molecule has 0 aromatic heterocycles. The Bertz CT molecular complexity index is 315. The Kier molecular flexibility index (Phi) is 4.88. The van der Waals surface area contributed by atoms with Gasteiger partial charge in [0.2, 0.25) is 0 Å². The SMILES string of the molecule is CNCc1c(Cl)cccc1OCC(C)O. The molecule has 0 spiro atoms. The minimum Gasteiger partial charge on any atom is -0.491 e. The van der Waals surface area contributed by atoms with Gasteiger partial charge in [0.1, 0.15) is 12.4 Å². The van der Waals surface area contributed by atoms with Gasteiger partial charge in [-0.1, -0.05) is 17.7 Å². The van der Waals surface area contributed by atoms with Crippen molar-refractivity contribution < 1.29 is 9.84 Å². The van der Waals surface area contributed by atoms with Crippen LogP contribution in [0.25, 0.3) is 0 Å². The van der Waals surface area contributed by atoms with E-state index in [-0.39, 0.29) is 6.61 Å². The highest BCUT2D eigenvalue weighted by Gasteiger charge is 2.08. The van der Waals surface area contributed by atoms with Gasteiger partial charge in [-0.2, -0.15) is 0 Å². The Balaban J connectivity index is 2.80. The molecule has 0 saturated heterocycles. The smallest absolute Gasteiger partial charge is 0.125 e. The first kappa shape index (κ1) is 12.3. The van der Waals surface area contributed by atoms with E-state index in [1.165, 1.54) is 0 Å². The molecule has 1 aromatic carbocycles. The Morgan fingerprint density at radius 3 is 2.87 bits per heavy atom. The summed E-state index contributed by atoms with van der Waals surface area (Å²) in [4.78, 5) is 0. The summed E-state index contributed by atoms with van der Waals surface area (Å²) in [6, 6.07) is 5.50. The standard InChI is InChI=1S/C11H16ClNO2/c1-8(14)7-15-11-5-3-4-10(12)9(11)6-13-2/h3-5,8,13-14H,6-7H2,1-2H3. The fourth-order valence-corrected chi connectivity index (χ4v) is 1.47. The quantitative estimate of drug-likeness (QED) is 0.810. The molecule has 2 N–H and O–H groups in total. The van der Waals surface area contributed by atoms with Crippen molar-refractivity contribution in [1.82, 2.24) is 5.32 Å². The monoisotopic (exact) mass is 229 g/mol. The Hall–Kier alpha value is -0.770. The fourth-order valence-electron chi connectivity index (χ4n) is 1.23. The second kappa shape index (κ2) is 5.95. The second-order valence-corrected chi connectivity index (χ2v) is 3.81. The van der Waals surface area contributed by atoms with Crippen LogP contribution in [0, 0.1) is 0 Å². The van der Waals surface area contributed by atoms with E-state index in [2.05, 4.69) is 5.32 Å². The zero-order chi connectivity index (χ0) is 11.3. The van der Waals surface area contributed by atoms with Gasteiger partial charge in [-0.05, 0) is 26.1 Å². The van der Waals surface area contributed by atoms with Gasteiger partial charge in [-0.25, -0.2) is 0 Å². The third kappa shape index (κ3) is 3.70. The topological polar surface area (TPSA) is 41.5 Å². The van der Waals surface area contributed by atoms with E-state index < -0.39 is 6.10 Å². The lowest BCUT2D eigenvalue weighted by molar-refractivity contribution is 0.122. The predicted octanol–water partition coefficient (Wildman–Crippen LogP) is 1.82. The highest BCUT2D eigenvalue weighted by atomic mass is 35.5. The largest absolute Gasteiger partial charge is 0.491 e. The van der Waals surface area contributed by atoms with E-state index >= 15 is 0 Å². The summed E-state index contributed by atoms with van der Waals surface area (Å²) in [7, 11) is 1.85. The molecule has 1 aromatic rings. The molecular weight excluding hydrogens is 214 g/mol. The van der Waals surface area contributed by atoms with Crippen molar-refractivity contribution in [2.75, 3.05) is 13.7 Å². The Morgan fingerprint density at radius 2 is 2.27 bits per heavy atom. The first-order chi connectivity index (χ1) is 7.15. The summed E-state index contributed by atoms with van der Waals surface area (Å²) in [5.41, 5.74) is 0.919. The molecule has 1 atom stereocenters. The molecule has 0 aliphatic carbocycles. The Labute approximate surface area is 95.0 Å². The van der Waals surface area contributed by atoms with Gasteiger partial charge >= 0.3 is 0 Å². The molecule has 1 rings (SSSR count). The van der Waals surface area contributed by atoms with E-state index in [0.29, 0.717) is 11.6 Å². The number of halogens is 1. The predicted molar refractivity (Wildman–Crippen MR) is 61.4 cm³/mol. The summed E-state index contributed by atoms with van der Waals surface area (Å²) in [6.45, 7) is 2.61. The van der Waals surface area contributed by atoms with Crippen molar-refractivity contribution in [1.29, 1.82) is 0 Å². The number of rotatable bonds is 5. The summed E-state index contributed by atoms with van der Waals surface area (Å²) < 4.78 is 5.46. The highest BCUT2D eigenvalue weighted by molar-refractivity contribution is 6.31. The molecule has 0 aliphatic heterocycles. The van der Waals surface area contributed by atoms with Crippen molar-refractivity contribution in [2.24, 2.45) is 0 Å². The van der Waals surface area contributed by atoms with Crippen LogP contribution in [0.2, 0.25) is 5.02 Å². The normalized spacial score (nSPS) is 12.5. The maximum atomic E-state index is 9.13. The molecule has 15 heavy (non-hydrogen) atoms. The van der Waals surface area contributed by atoms with E-state index in [1.54, 1.807) is 6.92 Å². The van der Waals surface area contributed by atoms with Crippen LogP contribution in [0.15, 0.2) is 18.2 Å². The van der Waals surface area contributed by atoms with Crippen LogP contribution in [-0.2, 0) is 6.54 Å². The van der Waals surface area contributed by atoms with Crippen LogP contribution in [0.3, 0.4) is 0 Å². The van der Waals surface area contributed by atoms with Gasteiger partial charge in [-0.3, -0.25) is 0 Å². The molecule has 1 unspecified atom stereocenters. The molecule has 0 amide bonds. The number of ether oxygens (including phenoxy) is 1. The van der Waals surface area contributed by atoms with Gasteiger partial charge in [0.25, 0.3) is 0 Å². The van der Waals surface area contributed by atoms with Gasteiger partial charge < -0.3 is 15.2 Å². The molecule has 3 nitrogen and oxygen atoms in total. The van der Waals surface area contributed by atoms with E-state index in [4.69, 9.17) is 21.4 Å². The van der Waals surface area contributed by atoms with Gasteiger partial charge in [0.15, 0.2) is 0 Å². The molecule has 4 heteroatoms. The van der Waals surface area contributed by atoms with Gasteiger partial charge in [-0.15, -0.1) is 0 Å². The average Bonchev–Trinajstić information content (AvgIpc) is 2.19. The van der Waals surface area contributed by atoms with E-state index in [9.17, 15) is 0 Å². The minimum atomic E-state index is -0.480. The molecular formula is C11H16ClNO2. The van der Waals surface area contributed by atoms with Crippen molar-refractivity contribution in [2.45, 2.75) is 19.6 Å². The maximum absolute atomic E-state index is 9.13. The van der Waals surface area contributed by atoms with E-state index in [0.717, 1.165) is 11.3 Å². The van der Waals surface area contributed by atoms with Crippen molar-refractivity contribution >= 4 is 11.6 Å². The molecule has 84 valence electrons. The zero-order valence-electron chi connectivity index (χ0n) is 8.96. The molecule has 0 radical (unpaired) electrons. The van der Waals surface area contributed by atoms with Crippen LogP contribution in [-0.4, -0.2) is 24.9 Å². The second-order valence-electron chi connectivity index (χ2n) is 3.41. The van der Waals surface area contributed by atoms with E-state index in [1.807, 2.05) is 25.2 Å². The molecule has 0 saturated carbocycles. The van der Waals surface area contributed by atoms with Gasteiger partial charge in [0, 0.05) is 17.1 Å². The van der Waals surface area contributed by atoms with Crippen LogP contribution in [0.5, 0.6) is 5.75 Å². The van der Waals surface area contributed by atoms with Crippen molar-refractivity contribution in [3.63, 3.8) is 0 Å². The highest BCUT2D eigenvalue weighted by Crippen LogP contribution is 2.26. The number of nitrogens with one attached hydrogen (secondary N) is 1. The van der Waals surface area contributed by atoms with Crippen LogP contribution >= 0.6 is 11.6 Å². The summed E-state index contributed by atoms with van der Waals surface area (Å²) in [5.74, 6) is 0.720. The van der Waals surface area contributed by atoms with Crippen LogP contribution < -0.4 is 10.1 Å². The molecule has 0 heterocycles. The maximum Gasteiger partial charge on any atom is 0.125 e. The number of hydrogen-bond acceptors (Lipinski definition) is 3. The first-order valence-corrected chi connectivity index (χ1v) is 5.25. The number of benzene rings is 1. The number of aliphatic hydroxyl groups is 1. The fraction of sp³-hybridized carbons (Fsp3) is 0.455. The zero-order valence-corrected chi connectivity index (χ0v) is 9.71. The first-order valence-electron chi connectivity index (χ1n) is 4.88. The Morgan fingerprint density at radius 1 is 1.53 bits per heavy atom.